The molecule has 2 aromatic rings. The zero-order valence-corrected chi connectivity index (χ0v) is 12.9. The fraction of sp³-hybridized carbons (Fsp3) is 0.529. The maximum absolute atomic E-state index is 9.21. The number of fused-ring (bicyclic) bond motifs is 2. The molecule has 1 N–H and O–H groups in total. The predicted octanol–water partition coefficient (Wildman–Crippen LogP) is 2.83. The first kappa shape index (κ1) is 13.7. The van der Waals surface area contributed by atoms with Gasteiger partial charge in [0.25, 0.3) is 0 Å². The van der Waals surface area contributed by atoms with Gasteiger partial charge in [0, 0.05) is 49.4 Å². The Kier molecular flexibility index (Phi) is 3.14. The van der Waals surface area contributed by atoms with E-state index in [0.717, 1.165) is 19.5 Å². The van der Waals surface area contributed by atoms with Crippen LogP contribution in [0.1, 0.15) is 37.5 Å². The maximum Gasteiger partial charge on any atom is 0.0484 e. The summed E-state index contributed by atoms with van der Waals surface area (Å²) in [5.41, 5.74) is 5.63. The summed E-state index contributed by atoms with van der Waals surface area (Å²) in [6.07, 6.45) is 2.89. The third-order valence-corrected chi connectivity index (χ3v) is 4.45. The number of aliphatic hydroxyl groups excluding tert-OH is 1. The number of nitrogens with zero attached hydrogens (tertiary/aromatic N) is 2. The van der Waals surface area contributed by atoms with Gasteiger partial charge in [-0.15, -0.1) is 0 Å². The molecule has 20 heavy (non-hydrogen) atoms. The van der Waals surface area contributed by atoms with Gasteiger partial charge in [0.15, 0.2) is 0 Å². The van der Waals surface area contributed by atoms with Crippen molar-refractivity contribution in [1.82, 2.24) is 9.47 Å². The van der Waals surface area contributed by atoms with Gasteiger partial charge in [0.2, 0.25) is 0 Å². The van der Waals surface area contributed by atoms with Gasteiger partial charge in [-0.25, -0.2) is 0 Å². The summed E-state index contributed by atoms with van der Waals surface area (Å²) in [6.45, 7) is 9.10. The van der Waals surface area contributed by atoms with E-state index in [-0.39, 0.29) is 12.1 Å². The van der Waals surface area contributed by atoms with Crippen molar-refractivity contribution >= 4 is 10.9 Å². The third kappa shape index (κ3) is 2.15. The molecule has 0 aliphatic carbocycles. The van der Waals surface area contributed by atoms with E-state index in [2.05, 4.69) is 55.6 Å². The average Bonchev–Trinajstić information content (AvgIpc) is 2.90. The Labute approximate surface area is 120 Å². The monoisotopic (exact) mass is 272 g/mol. The topological polar surface area (TPSA) is 28.4 Å². The molecule has 2 heterocycles. The molecule has 1 aromatic carbocycles. The van der Waals surface area contributed by atoms with Crippen LogP contribution in [0.5, 0.6) is 0 Å². The highest BCUT2D eigenvalue weighted by molar-refractivity contribution is 5.85. The zero-order valence-electron chi connectivity index (χ0n) is 12.9. The van der Waals surface area contributed by atoms with Crippen molar-refractivity contribution in [3.8, 4) is 0 Å². The molecular formula is C17H24N2O. The summed E-state index contributed by atoms with van der Waals surface area (Å²) in [5, 5.41) is 10.5. The molecule has 3 heteroatoms. The van der Waals surface area contributed by atoms with Crippen LogP contribution in [0.3, 0.4) is 0 Å². The summed E-state index contributed by atoms with van der Waals surface area (Å²) in [5.74, 6) is 0. The van der Waals surface area contributed by atoms with Gasteiger partial charge in [0.05, 0.1) is 0 Å². The lowest BCUT2D eigenvalue weighted by Crippen LogP contribution is -2.36. The molecule has 0 unspecified atom stereocenters. The predicted molar refractivity (Wildman–Crippen MR) is 82.7 cm³/mol. The highest BCUT2D eigenvalue weighted by Crippen LogP contribution is 2.33. The quantitative estimate of drug-likeness (QED) is 0.910. The molecule has 0 radical (unpaired) electrons. The second-order valence-electron chi connectivity index (χ2n) is 6.90. The lowest BCUT2D eigenvalue weighted by molar-refractivity contribution is 0.136. The van der Waals surface area contributed by atoms with Crippen molar-refractivity contribution in [3.63, 3.8) is 0 Å². The fourth-order valence-corrected chi connectivity index (χ4v) is 3.15. The van der Waals surface area contributed by atoms with E-state index >= 15 is 0 Å². The Hall–Kier alpha value is -1.32. The summed E-state index contributed by atoms with van der Waals surface area (Å²) in [6, 6.07) is 4.67. The van der Waals surface area contributed by atoms with Gasteiger partial charge in [-0.05, 0) is 56.0 Å². The second-order valence-corrected chi connectivity index (χ2v) is 6.90. The number of hydrogen-bond acceptors (Lipinski definition) is 2. The van der Waals surface area contributed by atoms with Gasteiger partial charge in [0.1, 0.15) is 0 Å². The van der Waals surface area contributed by atoms with Crippen LogP contribution in [-0.4, -0.2) is 26.7 Å². The van der Waals surface area contributed by atoms with Crippen molar-refractivity contribution in [2.24, 2.45) is 7.05 Å². The zero-order chi connectivity index (χ0) is 14.5. The number of aryl methyl sites for hydroxylation is 1. The largest absolute Gasteiger partial charge is 0.396 e. The third-order valence-electron chi connectivity index (χ3n) is 4.45. The van der Waals surface area contributed by atoms with Crippen LogP contribution >= 0.6 is 0 Å². The molecular weight excluding hydrogens is 248 g/mol. The van der Waals surface area contributed by atoms with Crippen LogP contribution in [0.4, 0.5) is 0 Å². The van der Waals surface area contributed by atoms with Crippen molar-refractivity contribution in [2.75, 3.05) is 6.61 Å². The van der Waals surface area contributed by atoms with Crippen LogP contribution in [0.25, 0.3) is 10.9 Å². The number of hydrogen-bond donors (Lipinski definition) is 1. The van der Waals surface area contributed by atoms with E-state index in [0.29, 0.717) is 0 Å². The summed E-state index contributed by atoms with van der Waals surface area (Å²) in [7, 11) is 2.09. The number of rotatable bonds is 2. The minimum atomic E-state index is 0.207. The minimum absolute atomic E-state index is 0.207. The molecule has 1 aliphatic rings. The van der Waals surface area contributed by atoms with E-state index in [9.17, 15) is 5.11 Å². The average molecular weight is 272 g/mol. The Balaban J connectivity index is 2.06. The highest BCUT2D eigenvalue weighted by Gasteiger charge is 2.28. The maximum atomic E-state index is 9.21. The molecule has 3 nitrogen and oxygen atoms in total. The van der Waals surface area contributed by atoms with Gasteiger partial charge in [-0.1, -0.05) is 0 Å². The Morgan fingerprint density at radius 1 is 1.15 bits per heavy atom. The SMILES string of the molecule is Cn1cc(CCO)c2cc3c(cc21)CN(C(C)(C)C)C3. The minimum Gasteiger partial charge on any atom is -0.396 e. The van der Waals surface area contributed by atoms with Crippen LogP contribution in [-0.2, 0) is 26.6 Å². The molecule has 0 amide bonds. The molecule has 108 valence electrons. The molecule has 0 fully saturated rings. The highest BCUT2D eigenvalue weighted by atomic mass is 16.2. The molecule has 0 saturated carbocycles. The van der Waals surface area contributed by atoms with E-state index in [1.54, 1.807) is 0 Å². The first-order chi connectivity index (χ1) is 9.40. The number of aromatic nitrogens is 1. The van der Waals surface area contributed by atoms with E-state index < -0.39 is 0 Å². The van der Waals surface area contributed by atoms with Crippen molar-refractivity contribution in [2.45, 2.75) is 45.8 Å². The normalized spacial score (nSPS) is 16.1. The summed E-state index contributed by atoms with van der Waals surface area (Å²) >= 11 is 0. The Morgan fingerprint density at radius 2 is 1.80 bits per heavy atom. The van der Waals surface area contributed by atoms with Crippen LogP contribution in [0.2, 0.25) is 0 Å². The molecule has 0 saturated heterocycles. The van der Waals surface area contributed by atoms with Gasteiger partial charge in [-0.2, -0.15) is 0 Å². The molecule has 0 spiro atoms. The summed E-state index contributed by atoms with van der Waals surface area (Å²) < 4.78 is 2.18. The van der Waals surface area contributed by atoms with Gasteiger partial charge < -0.3 is 9.67 Å². The van der Waals surface area contributed by atoms with Crippen molar-refractivity contribution < 1.29 is 5.11 Å². The van der Waals surface area contributed by atoms with Crippen LogP contribution in [0, 0.1) is 0 Å². The second kappa shape index (κ2) is 4.61. The Bertz CT molecular complexity index is 649. The van der Waals surface area contributed by atoms with Gasteiger partial charge in [-0.3, -0.25) is 4.90 Å². The number of aliphatic hydroxyl groups is 1. The van der Waals surface area contributed by atoms with Gasteiger partial charge >= 0.3 is 0 Å². The molecule has 1 aliphatic heterocycles. The standard InChI is InChI=1S/C17H24N2O/c1-17(2,3)19-10-13-7-15-12(5-6-20)9-18(4)16(15)8-14(13)11-19/h7-9,20H,5-6,10-11H2,1-4H3. The smallest absolute Gasteiger partial charge is 0.0484 e. The van der Waals surface area contributed by atoms with Crippen LogP contribution in [0.15, 0.2) is 18.3 Å². The Morgan fingerprint density at radius 3 is 2.40 bits per heavy atom. The molecule has 0 atom stereocenters. The first-order valence-electron chi connectivity index (χ1n) is 7.36. The lowest BCUT2D eigenvalue weighted by atomic mass is 10.0. The first-order valence-corrected chi connectivity index (χ1v) is 7.36. The van der Waals surface area contributed by atoms with Crippen LogP contribution < -0.4 is 0 Å². The van der Waals surface area contributed by atoms with E-state index in [1.807, 2.05) is 0 Å². The lowest BCUT2D eigenvalue weighted by Gasteiger charge is -2.31. The molecule has 0 bridgehead atoms. The molecule has 3 rings (SSSR count). The van der Waals surface area contributed by atoms with E-state index in [4.69, 9.17) is 0 Å². The fourth-order valence-electron chi connectivity index (χ4n) is 3.15. The summed E-state index contributed by atoms with van der Waals surface area (Å²) in [4.78, 5) is 2.52. The molecule has 1 aromatic heterocycles. The van der Waals surface area contributed by atoms with Crippen molar-refractivity contribution in [3.05, 3.63) is 35.0 Å². The van der Waals surface area contributed by atoms with Crippen molar-refractivity contribution in [1.29, 1.82) is 0 Å². The van der Waals surface area contributed by atoms with E-state index in [1.165, 1.54) is 27.6 Å². The number of benzene rings is 1.